The molecular weight excluding hydrogens is 182 g/mol. The monoisotopic (exact) mass is 203 g/mol. The molecule has 2 rings (SSSR count). The summed E-state index contributed by atoms with van der Waals surface area (Å²) in [6, 6.07) is 10.7. The number of rotatable bonds is 4. The van der Waals surface area contributed by atoms with Crippen LogP contribution >= 0.6 is 0 Å². The minimum Gasteiger partial charge on any atom is -0.302 e. The van der Waals surface area contributed by atoms with Crippen LogP contribution in [-0.2, 0) is 6.54 Å². The van der Waals surface area contributed by atoms with Gasteiger partial charge in [0, 0.05) is 13.1 Å². The molecule has 0 atom stereocenters. The SMILES string of the molecule is CC1CC(CN(C)Cc2ccccc2)C1. The molecule has 1 aromatic rings. The van der Waals surface area contributed by atoms with Gasteiger partial charge in [-0.25, -0.2) is 0 Å². The minimum absolute atomic E-state index is 0.953. The lowest BCUT2D eigenvalue weighted by Gasteiger charge is -2.35. The lowest BCUT2D eigenvalue weighted by atomic mass is 9.76. The highest BCUT2D eigenvalue weighted by molar-refractivity contribution is 5.14. The molecule has 0 radical (unpaired) electrons. The summed E-state index contributed by atoms with van der Waals surface area (Å²) in [5.74, 6) is 1.92. The Kier molecular flexibility index (Phi) is 3.42. The van der Waals surface area contributed by atoms with Crippen LogP contribution in [0.4, 0.5) is 0 Å². The van der Waals surface area contributed by atoms with E-state index >= 15 is 0 Å². The van der Waals surface area contributed by atoms with Gasteiger partial charge >= 0.3 is 0 Å². The Morgan fingerprint density at radius 1 is 1.20 bits per heavy atom. The van der Waals surface area contributed by atoms with Gasteiger partial charge in [-0.1, -0.05) is 37.3 Å². The molecule has 0 saturated heterocycles. The fraction of sp³-hybridized carbons (Fsp3) is 0.571. The molecule has 1 aliphatic carbocycles. The van der Waals surface area contributed by atoms with Crippen LogP contribution in [0.5, 0.6) is 0 Å². The predicted octanol–water partition coefficient (Wildman–Crippen LogP) is 3.16. The van der Waals surface area contributed by atoms with Crippen molar-refractivity contribution < 1.29 is 0 Å². The first-order valence-electron chi connectivity index (χ1n) is 5.96. The molecule has 0 amide bonds. The van der Waals surface area contributed by atoms with E-state index < -0.39 is 0 Å². The highest BCUT2D eigenvalue weighted by atomic mass is 15.1. The third-order valence-electron chi connectivity index (χ3n) is 3.34. The van der Waals surface area contributed by atoms with Crippen LogP contribution in [0.2, 0.25) is 0 Å². The first-order chi connectivity index (χ1) is 7.24. The van der Waals surface area contributed by atoms with Crippen LogP contribution in [0.3, 0.4) is 0 Å². The van der Waals surface area contributed by atoms with E-state index in [0.29, 0.717) is 0 Å². The summed E-state index contributed by atoms with van der Waals surface area (Å²) in [5, 5.41) is 0. The lowest BCUT2D eigenvalue weighted by Crippen LogP contribution is -2.32. The zero-order valence-corrected chi connectivity index (χ0v) is 9.82. The molecule has 0 spiro atoms. The van der Waals surface area contributed by atoms with Gasteiger partial charge in [0.05, 0.1) is 0 Å². The van der Waals surface area contributed by atoms with E-state index in [1.807, 2.05) is 0 Å². The Morgan fingerprint density at radius 2 is 1.87 bits per heavy atom. The Labute approximate surface area is 93.1 Å². The summed E-state index contributed by atoms with van der Waals surface area (Å²) in [6.45, 7) is 4.71. The van der Waals surface area contributed by atoms with Crippen LogP contribution in [0.1, 0.15) is 25.3 Å². The quantitative estimate of drug-likeness (QED) is 0.726. The number of benzene rings is 1. The molecule has 1 saturated carbocycles. The second-order valence-electron chi connectivity index (χ2n) is 5.12. The highest BCUT2D eigenvalue weighted by Crippen LogP contribution is 2.33. The lowest BCUT2D eigenvalue weighted by molar-refractivity contribution is 0.147. The zero-order valence-electron chi connectivity index (χ0n) is 9.82. The summed E-state index contributed by atoms with van der Waals surface area (Å²) < 4.78 is 0. The second kappa shape index (κ2) is 4.80. The molecule has 1 heteroatoms. The van der Waals surface area contributed by atoms with Crippen molar-refractivity contribution in [3.05, 3.63) is 35.9 Å². The van der Waals surface area contributed by atoms with Gasteiger partial charge in [-0.15, -0.1) is 0 Å². The number of hydrogen-bond donors (Lipinski definition) is 0. The molecule has 1 nitrogen and oxygen atoms in total. The maximum atomic E-state index is 2.45. The third-order valence-corrected chi connectivity index (χ3v) is 3.34. The molecule has 15 heavy (non-hydrogen) atoms. The predicted molar refractivity (Wildman–Crippen MR) is 64.7 cm³/mol. The summed E-state index contributed by atoms with van der Waals surface area (Å²) in [7, 11) is 2.23. The van der Waals surface area contributed by atoms with Crippen molar-refractivity contribution >= 4 is 0 Å². The largest absolute Gasteiger partial charge is 0.302 e. The summed E-state index contributed by atoms with van der Waals surface area (Å²) in [4.78, 5) is 2.45. The smallest absolute Gasteiger partial charge is 0.0230 e. The van der Waals surface area contributed by atoms with Crippen LogP contribution < -0.4 is 0 Å². The van der Waals surface area contributed by atoms with Crippen molar-refractivity contribution in [3.8, 4) is 0 Å². The average molecular weight is 203 g/mol. The maximum absolute atomic E-state index is 2.45. The van der Waals surface area contributed by atoms with Crippen LogP contribution in [0, 0.1) is 11.8 Å². The van der Waals surface area contributed by atoms with E-state index in [1.165, 1.54) is 24.9 Å². The first-order valence-corrected chi connectivity index (χ1v) is 5.96. The number of nitrogens with zero attached hydrogens (tertiary/aromatic N) is 1. The minimum atomic E-state index is 0.953. The molecule has 0 aliphatic heterocycles. The topological polar surface area (TPSA) is 3.24 Å². The normalized spacial score (nSPS) is 25.3. The molecule has 0 N–H and O–H groups in total. The van der Waals surface area contributed by atoms with Gasteiger partial charge in [-0.3, -0.25) is 0 Å². The Hall–Kier alpha value is -0.820. The standard InChI is InChI=1S/C14H21N/c1-12-8-14(9-12)11-15(2)10-13-6-4-3-5-7-13/h3-7,12,14H,8-11H2,1-2H3. The zero-order chi connectivity index (χ0) is 10.7. The molecule has 1 fully saturated rings. The summed E-state index contributed by atoms with van der Waals surface area (Å²) >= 11 is 0. The van der Waals surface area contributed by atoms with Gasteiger partial charge in [0.15, 0.2) is 0 Å². The Morgan fingerprint density at radius 3 is 2.47 bits per heavy atom. The van der Waals surface area contributed by atoms with Crippen molar-refractivity contribution in [3.63, 3.8) is 0 Å². The molecule has 0 unspecified atom stereocenters. The first kappa shape index (κ1) is 10.7. The van der Waals surface area contributed by atoms with Gasteiger partial charge in [0.1, 0.15) is 0 Å². The van der Waals surface area contributed by atoms with Gasteiger partial charge < -0.3 is 4.90 Å². The van der Waals surface area contributed by atoms with Crippen LogP contribution in [-0.4, -0.2) is 18.5 Å². The molecule has 0 aromatic heterocycles. The van der Waals surface area contributed by atoms with E-state index in [-0.39, 0.29) is 0 Å². The highest BCUT2D eigenvalue weighted by Gasteiger charge is 2.25. The summed E-state index contributed by atoms with van der Waals surface area (Å²) in [6.07, 6.45) is 2.86. The Bertz CT molecular complexity index is 287. The van der Waals surface area contributed by atoms with Crippen LogP contribution in [0.25, 0.3) is 0 Å². The maximum Gasteiger partial charge on any atom is 0.0230 e. The van der Waals surface area contributed by atoms with Crippen molar-refractivity contribution in [1.29, 1.82) is 0 Å². The molecule has 1 aromatic carbocycles. The van der Waals surface area contributed by atoms with E-state index in [4.69, 9.17) is 0 Å². The van der Waals surface area contributed by atoms with Gasteiger partial charge in [0.25, 0.3) is 0 Å². The van der Waals surface area contributed by atoms with Crippen molar-refractivity contribution in [2.75, 3.05) is 13.6 Å². The van der Waals surface area contributed by atoms with Crippen molar-refractivity contribution in [2.45, 2.75) is 26.3 Å². The van der Waals surface area contributed by atoms with E-state index in [9.17, 15) is 0 Å². The van der Waals surface area contributed by atoms with Gasteiger partial charge in [0.2, 0.25) is 0 Å². The fourth-order valence-electron chi connectivity index (χ4n) is 2.62. The van der Waals surface area contributed by atoms with E-state index in [1.54, 1.807) is 0 Å². The van der Waals surface area contributed by atoms with E-state index in [2.05, 4.69) is 49.2 Å². The third kappa shape index (κ3) is 3.07. The average Bonchev–Trinajstić information content (AvgIpc) is 2.17. The molecule has 1 aliphatic rings. The van der Waals surface area contributed by atoms with Crippen molar-refractivity contribution in [2.24, 2.45) is 11.8 Å². The molecule has 82 valence electrons. The molecule has 0 bridgehead atoms. The Balaban J connectivity index is 1.75. The van der Waals surface area contributed by atoms with Crippen molar-refractivity contribution in [1.82, 2.24) is 4.90 Å². The van der Waals surface area contributed by atoms with Gasteiger partial charge in [-0.05, 0) is 37.3 Å². The fourth-order valence-corrected chi connectivity index (χ4v) is 2.62. The van der Waals surface area contributed by atoms with E-state index in [0.717, 1.165) is 18.4 Å². The molecule has 0 heterocycles. The van der Waals surface area contributed by atoms with Gasteiger partial charge in [-0.2, -0.15) is 0 Å². The second-order valence-corrected chi connectivity index (χ2v) is 5.12. The summed E-state index contributed by atoms with van der Waals surface area (Å²) in [5.41, 5.74) is 1.42. The molecular formula is C14H21N. The number of hydrogen-bond acceptors (Lipinski definition) is 1. The van der Waals surface area contributed by atoms with Crippen LogP contribution in [0.15, 0.2) is 30.3 Å².